The van der Waals surface area contributed by atoms with Gasteiger partial charge in [-0.05, 0) is 12.1 Å². The molecule has 0 saturated carbocycles. The molecule has 1 heterocycles. The van der Waals surface area contributed by atoms with Crippen LogP contribution < -0.4 is 10.5 Å². The number of hydrogen-bond acceptors (Lipinski definition) is 3. The van der Waals surface area contributed by atoms with Crippen molar-refractivity contribution in [2.24, 2.45) is 5.73 Å². The molecule has 0 bridgehead atoms. The van der Waals surface area contributed by atoms with Crippen LogP contribution in [0.15, 0.2) is 24.5 Å². The van der Waals surface area contributed by atoms with Gasteiger partial charge >= 0.3 is 0 Å². The van der Waals surface area contributed by atoms with Crippen molar-refractivity contribution in [1.29, 1.82) is 0 Å². The van der Waals surface area contributed by atoms with Crippen molar-refractivity contribution in [2.45, 2.75) is 0 Å². The van der Waals surface area contributed by atoms with E-state index in [2.05, 4.69) is 4.98 Å². The summed E-state index contributed by atoms with van der Waals surface area (Å²) in [7, 11) is 0. The molecular weight excluding hydrogens is 144 g/mol. The van der Waals surface area contributed by atoms with Crippen LogP contribution in [0.3, 0.4) is 0 Å². The fourth-order valence-corrected chi connectivity index (χ4v) is 0.587. The van der Waals surface area contributed by atoms with E-state index in [-0.39, 0.29) is 6.61 Å². The Morgan fingerprint density at radius 3 is 3.09 bits per heavy atom. The zero-order valence-corrected chi connectivity index (χ0v) is 5.86. The van der Waals surface area contributed by atoms with Crippen molar-refractivity contribution in [3.63, 3.8) is 0 Å². The number of pyridine rings is 1. The fourth-order valence-electron chi connectivity index (χ4n) is 0.587. The highest BCUT2D eigenvalue weighted by molar-refractivity contribution is 5.75. The lowest BCUT2D eigenvalue weighted by Gasteiger charge is -2.00. The summed E-state index contributed by atoms with van der Waals surface area (Å²) in [5.74, 6) is 0.0557. The first-order valence-corrected chi connectivity index (χ1v) is 3.10. The first kappa shape index (κ1) is 7.53. The van der Waals surface area contributed by atoms with Crippen LogP contribution in [0.25, 0.3) is 0 Å². The minimum absolute atomic E-state index is 0.105. The van der Waals surface area contributed by atoms with Gasteiger partial charge in [-0.1, -0.05) is 0 Å². The summed E-state index contributed by atoms with van der Waals surface area (Å²) in [5, 5.41) is 0. The summed E-state index contributed by atoms with van der Waals surface area (Å²) in [4.78, 5) is 14.0. The van der Waals surface area contributed by atoms with Gasteiger partial charge in [-0.3, -0.25) is 9.78 Å². The second kappa shape index (κ2) is 3.55. The fraction of sp³-hybridized carbons (Fsp3) is 0.143. The van der Waals surface area contributed by atoms with E-state index in [9.17, 15) is 4.79 Å². The van der Waals surface area contributed by atoms with Crippen LogP contribution in [-0.2, 0) is 4.79 Å². The third-order valence-electron chi connectivity index (χ3n) is 1.02. The largest absolute Gasteiger partial charge is 0.482 e. The highest BCUT2D eigenvalue weighted by atomic mass is 16.5. The van der Waals surface area contributed by atoms with Crippen molar-refractivity contribution in [3.8, 4) is 5.75 Å². The smallest absolute Gasteiger partial charge is 0.255 e. The van der Waals surface area contributed by atoms with E-state index in [1.165, 1.54) is 6.20 Å². The Kier molecular flexibility index (Phi) is 2.43. The number of carbonyl (C=O) groups excluding carboxylic acids is 1. The van der Waals surface area contributed by atoms with Crippen molar-refractivity contribution in [2.75, 3.05) is 6.61 Å². The van der Waals surface area contributed by atoms with Gasteiger partial charge in [-0.15, -0.1) is 0 Å². The summed E-state index contributed by atoms with van der Waals surface area (Å²) in [6.07, 6.45) is 3.14. The van der Waals surface area contributed by atoms with E-state index in [0.717, 1.165) is 0 Å². The van der Waals surface area contributed by atoms with Gasteiger partial charge in [0.2, 0.25) is 0 Å². The molecule has 1 rings (SSSR count). The third-order valence-corrected chi connectivity index (χ3v) is 1.02. The monoisotopic (exact) mass is 152 g/mol. The standard InChI is InChI=1S/C7H8N2O2/c8-7(10)5-11-6-2-1-3-9-4-6/h1-4H,5H2,(H2,8,10). The Hall–Kier alpha value is -1.58. The van der Waals surface area contributed by atoms with Gasteiger partial charge in [-0.2, -0.15) is 0 Å². The number of hydrogen-bond donors (Lipinski definition) is 1. The van der Waals surface area contributed by atoms with Crippen LogP contribution in [0, 0.1) is 0 Å². The highest BCUT2D eigenvalue weighted by Crippen LogP contribution is 2.04. The van der Waals surface area contributed by atoms with Crippen LogP contribution in [0.2, 0.25) is 0 Å². The molecule has 0 spiro atoms. The van der Waals surface area contributed by atoms with E-state index in [4.69, 9.17) is 10.5 Å². The van der Waals surface area contributed by atoms with Gasteiger partial charge in [0.1, 0.15) is 5.75 Å². The van der Waals surface area contributed by atoms with Crippen molar-refractivity contribution < 1.29 is 9.53 Å². The van der Waals surface area contributed by atoms with Gasteiger partial charge in [0.05, 0.1) is 6.20 Å². The van der Waals surface area contributed by atoms with E-state index in [1.54, 1.807) is 18.3 Å². The molecule has 0 saturated heterocycles. The SMILES string of the molecule is NC(=O)COc1cccnc1. The summed E-state index contributed by atoms with van der Waals surface area (Å²) in [6, 6.07) is 3.42. The average molecular weight is 152 g/mol. The van der Waals surface area contributed by atoms with E-state index in [1.807, 2.05) is 0 Å². The summed E-state index contributed by atoms with van der Waals surface area (Å²) >= 11 is 0. The molecule has 4 nitrogen and oxygen atoms in total. The summed E-state index contributed by atoms with van der Waals surface area (Å²) < 4.78 is 4.93. The molecule has 0 fully saturated rings. The molecule has 1 aromatic heterocycles. The lowest BCUT2D eigenvalue weighted by atomic mass is 10.5. The van der Waals surface area contributed by atoms with Crippen LogP contribution in [0.1, 0.15) is 0 Å². The number of rotatable bonds is 3. The number of carbonyl (C=O) groups is 1. The number of primary amides is 1. The molecule has 2 N–H and O–H groups in total. The number of nitrogens with zero attached hydrogens (tertiary/aromatic N) is 1. The first-order valence-electron chi connectivity index (χ1n) is 3.10. The molecule has 58 valence electrons. The Balaban J connectivity index is 2.45. The minimum Gasteiger partial charge on any atom is -0.482 e. The molecule has 0 aliphatic heterocycles. The maximum absolute atomic E-state index is 10.2. The molecule has 0 aliphatic carbocycles. The third kappa shape index (κ3) is 2.66. The van der Waals surface area contributed by atoms with E-state index < -0.39 is 5.91 Å². The average Bonchev–Trinajstić information content (AvgIpc) is 2.03. The number of nitrogens with two attached hydrogens (primary N) is 1. The Morgan fingerprint density at radius 1 is 1.73 bits per heavy atom. The quantitative estimate of drug-likeness (QED) is 0.660. The Bertz CT molecular complexity index is 235. The Labute approximate surface area is 64.0 Å². The topological polar surface area (TPSA) is 65.2 Å². The Morgan fingerprint density at radius 2 is 2.55 bits per heavy atom. The molecule has 4 heteroatoms. The molecule has 0 unspecified atom stereocenters. The van der Waals surface area contributed by atoms with Crippen LogP contribution in [-0.4, -0.2) is 17.5 Å². The van der Waals surface area contributed by atoms with Gasteiger partial charge in [0, 0.05) is 6.20 Å². The molecule has 0 aliphatic rings. The molecule has 11 heavy (non-hydrogen) atoms. The highest BCUT2D eigenvalue weighted by Gasteiger charge is 1.94. The van der Waals surface area contributed by atoms with Gasteiger partial charge < -0.3 is 10.5 Å². The van der Waals surface area contributed by atoms with Gasteiger partial charge in [0.15, 0.2) is 6.61 Å². The number of aromatic nitrogens is 1. The maximum Gasteiger partial charge on any atom is 0.255 e. The van der Waals surface area contributed by atoms with Crippen molar-refractivity contribution in [3.05, 3.63) is 24.5 Å². The zero-order chi connectivity index (χ0) is 8.10. The molecule has 0 atom stereocenters. The molecular formula is C7H8N2O2. The molecule has 1 amide bonds. The number of ether oxygens (including phenoxy) is 1. The predicted octanol–water partition coefficient (Wildman–Crippen LogP) is -0.0543. The van der Waals surface area contributed by atoms with Crippen LogP contribution in [0.4, 0.5) is 0 Å². The number of amides is 1. The maximum atomic E-state index is 10.2. The van der Waals surface area contributed by atoms with Crippen molar-refractivity contribution >= 4 is 5.91 Å². The first-order chi connectivity index (χ1) is 5.29. The van der Waals surface area contributed by atoms with Crippen LogP contribution >= 0.6 is 0 Å². The lowest BCUT2D eigenvalue weighted by molar-refractivity contribution is -0.119. The second-order valence-electron chi connectivity index (χ2n) is 1.94. The normalized spacial score (nSPS) is 9.09. The van der Waals surface area contributed by atoms with E-state index in [0.29, 0.717) is 5.75 Å². The molecule has 1 aromatic rings. The lowest BCUT2D eigenvalue weighted by Crippen LogP contribution is -2.19. The molecule has 0 radical (unpaired) electrons. The minimum atomic E-state index is -0.492. The van der Waals surface area contributed by atoms with Crippen LogP contribution in [0.5, 0.6) is 5.75 Å². The predicted molar refractivity (Wildman–Crippen MR) is 38.9 cm³/mol. The summed E-state index contributed by atoms with van der Waals surface area (Å²) in [6.45, 7) is -0.105. The zero-order valence-electron chi connectivity index (χ0n) is 5.86. The van der Waals surface area contributed by atoms with Crippen molar-refractivity contribution in [1.82, 2.24) is 4.98 Å². The van der Waals surface area contributed by atoms with Gasteiger partial charge in [-0.25, -0.2) is 0 Å². The van der Waals surface area contributed by atoms with E-state index >= 15 is 0 Å². The second-order valence-corrected chi connectivity index (χ2v) is 1.94. The van der Waals surface area contributed by atoms with Gasteiger partial charge in [0.25, 0.3) is 5.91 Å². The molecule has 0 aromatic carbocycles. The summed E-state index contributed by atoms with van der Waals surface area (Å²) in [5.41, 5.74) is 4.86.